The van der Waals surface area contributed by atoms with Crippen molar-refractivity contribution >= 4 is 11.8 Å². The third-order valence-electron chi connectivity index (χ3n) is 3.56. The summed E-state index contributed by atoms with van der Waals surface area (Å²) in [6.45, 7) is 2.21. The fraction of sp³-hybridized carbons (Fsp3) is 0.412. The Kier molecular flexibility index (Phi) is 6.20. The third kappa shape index (κ3) is 4.99. The molecule has 24 heavy (non-hydrogen) atoms. The van der Waals surface area contributed by atoms with Crippen molar-refractivity contribution in [2.45, 2.75) is 32.0 Å². The minimum Gasteiger partial charge on any atom is -0.467 e. The van der Waals surface area contributed by atoms with Crippen molar-refractivity contribution < 1.29 is 14.3 Å². The monoisotopic (exact) mass is 332 g/mol. The summed E-state index contributed by atoms with van der Waals surface area (Å²) in [6, 6.07) is 6.70. The number of aliphatic hydroxyl groups is 1. The fourth-order valence-corrected chi connectivity index (χ4v) is 2.41. The smallest absolute Gasteiger partial charge is 0.315 e. The molecule has 0 saturated heterocycles. The van der Waals surface area contributed by atoms with Crippen LogP contribution in [-0.4, -0.2) is 36.3 Å². The highest BCUT2D eigenvalue weighted by molar-refractivity contribution is 5.74. The van der Waals surface area contributed by atoms with Gasteiger partial charge >= 0.3 is 6.03 Å². The Balaban J connectivity index is 1.81. The first kappa shape index (κ1) is 17.8. The molecule has 0 spiro atoms. The Labute approximate surface area is 141 Å². The Morgan fingerprint density at radius 1 is 1.38 bits per heavy atom. The van der Waals surface area contributed by atoms with Gasteiger partial charge in [0.05, 0.1) is 6.26 Å². The number of furan rings is 1. The first-order chi connectivity index (χ1) is 11.5. The molecule has 3 N–H and O–H groups in total. The van der Waals surface area contributed by atoms with E-state index in [0.717, 1.165) is 11.4 Å². The second-order valence-electron chi connectivity index (χ2n) is 5.88. The lowest BCUT2D eigenvalue weighted by Crippen LogP contribution is -2.41. The summed E-state index contributed by atoms with van der Waals surface area (Å²) >= 11 is 0. The minimum atomic E-state index is -0.742. The molecular weight excluding hydrogens is 308 g/mol. The third-order valence-corrected chi connectivity index (χ3v) is 3.56. The van der Waals surface area contributed by atoms with Gasteiger partial charge in [0.2, 0.25) is 0 Å². The molecule has 7 nitrogen and oxygen atoms in total. The van der Waals surface area contributed by atoms with Gasteiger partial charge in [-0.05, 0) is 25.1 Å². The van der Waals surface area contributed by atoms with Crippen LogP contribution in [-0.2, 0) is 6.54 Å². The van der Waals surface area contributed by atoms with Crippen molar-refractivity contribution in [3.8, 4) is 0 Å². The lowest BCUT2D eigenvalue weighted by Gasteiger charge is -2.19. The van der Waals surface area contributed by atoms with Crippen LogP contribution in [0, 0.1) is 0 Å². The molecule has 2 heterocycles. The van der Waals surface area contributed by atoms with E-state index in [1.807, 2.05) is 38.1 Å². The molecule has 0 bridgehead atoms. The molecule has 0 radical (unpaired) electrons. The zero-order valence-electron chi connectivity index (χ0n) is 14.2. The number of hydrogen-bond acceptors (Lipinski definition) is 5. The Hall–Kier alpha value is -2.54. The van der Waals surface area contributed by atoms with E-state index in [4.69, 9.17) is 4.42 Å². The van der Waals surface area contributed by atoms with Gasteiger partial charge in [-0.15, -0.1) is 0 Å². The maximum absolute atomic E-state index is 12.0. The molecule has 2 amide bonds. The number of pyridine rings is 1. The zero-order valence-corrected chi connectivity index (χ0v) is 14.2. The average molecular weight is 332 g/mol. The number of rotatable bonds is 7. The van der Waals surface area contributed by atoms with Gasteiger partial charge in [-0.25, -0.2) is 9.78 Å². The van der Waals surface area contributed by atoms with Crippen LogP contribution in [0.25, 0.3) is 0 Å². The second-order valence-corrected chi connectivity index (χ2v) is 5.88. The van der Waals surface area contributed by atoms with Crippen LogP contribution in [0.2, 0.25) is 0 Å². The van der Waals surface area contributed by atoms with Gasteiger partial charge in [0, 0.05) is 44.9 Å². The highest BCUT2D eigenvalue weighted by Gasteiger charge is 2.16. The zero-order chi connectivity index (χ0) is 17.5. The molecule has 0 aromatic carbocycles. The van der Waals surface area contributed by atoms with Crippen LogP contribution in [0.15, 0.2) is 41.1 Å². The Bertz CT molecular complexity index is 643. The number of carbonyl (C=O) groups is 1. The molecule has 0 saturated carbocycles. The predicted molar refractivity (Wildman–Crippen MR) is 91.7 cm³/mol. The van der Waals surface area contributed by atoms with E-state index in [9.17, 15) is 9.90 Å². The molecule has 7 heteroatoms. The highest BCUT2D eigenvalue weighted by atomic mass is 16.4. The van der Waals surface area contributed by atoms with Gasteiger partial charge in [0.15, 0.2) is 0 Å². The van der Waals surface area contributed by atoms with Crippen molar-refractivity contribution in [3.63, 3.8) is 0 Å². The molecule has 2 unspecified atom stereocenters. The van der Waals surface area contributed by atoms with Gasteiger partial charge in [0.25, 0.3) is 0 Å². The summed E-state index contributed by atoms with van der Waals surface area (Å²) in [6.07, 6.45) is 2.86. The van der Waals surface area contributed by atoms with Crippen LogP contribution in [0.5, 0.6) is 0 Å². The molecule has 0 aliphatic rings. The first-order valence-electron chi connectivity index (χ1n) is 7.84. The van der Waals surface area contributed by atoms with E-state index >= 15 is 0 Å². The molecule has 2 rings (SSSR count). The second kappa shape index (κ2) is 8.35. The summed E-state index contributed by atoms with van der Waals surface area (Å²) in [4.78, 5) is 18.2. The fourth-order valence-electron chi connectivity index (χ4n) is 2.41. The van der Waals surface area contributed by atoms with E-state index in [-0.39, 0.29) is 12.1 Å². The Morgan fingerprint density at radius 2 is 2.17 bits per heavy atom. The Morgan fingerprint density at radius 3 is 2.83 bits per heavy atom. The number of nitrogens with zero attached hydrogens (tertiary/aromatic N) is 2. The molecule has 0 aliphatic carbocycles. The molecular formula is C17H24N4O3. The van der Waals surface area contributed by atoms with E-state index < -0.39 is 6.10 Å². The molecule has 2 aromatic rings. The summed E-state index contributed by atoms with van der Waals surface area (Å²) in [7, 11) is 3.81. The van der Waals surface area contributed by atoms with Gasteiger partial charge in [0.1, 0.15) is 17.7 Å². The van der Waals surface area contributed by atoms with Gasteiger partial charge in [-0.3, -0.25) is 0 Å². The van der Waals surface area contributed by atoms with Crippen LogP contribution < -0.4 is 15.5 Å². The number of urea groups is 1. The number of aromatic nitrogens is 1. The molecule has 0 fully saturated rings. The van der Waals surface area contributed by atoms with Crippen molar-refractivity contribution in [2.75, 3.05) is 19.0 Å². The minimum absolute atomic E-state index is 0.202. The predicted octanol–water partition coefficient (Wildman–Crippen LogP) is 2.05. The summed E-state index contributed by atoms with van der Waals surface area (Å²) < 4.78 is 5.15. The van der Waals surface area contributed by atoms with Gasteiger partial charge in [-0.1, -0.05) is 6.07 Å². The van der Waals surface area contributed by atoms with E-state index in [1.54, 1.807) is 18.3 Å². The molecule has 130 valence electrons. The number of carbonyl (C=O) groups excluding carboxylic acids is 1. The molecule has 2 atom stereocenters. The van der Waals surface area contributed by atoms with Crippen molar-refractivity contribution in [1.29, 1.82) is 0 Å². The SMILES string of the molecule is CC(CC(O)c1ccco1)NC(=O)NCc1cccnc1N(C)C. The lowest BCUT2D eigenvalue weighted by molar-refractivity contribution is 0.129. The summed E-state index contributed by atoms with van der Waals surface area (Å²) in [5, 5.41) is 15.6. The number of nitrogens with one attached hydrogen (secondary N) is 2. The molecule has 2 aromatic heterocycles. The van der Waals surface area contributed by atoms with E-state index in [0.29, 0.717) is 18.7 Å². The van der Waals surface area contributed by atoms with Crippen LogP contribution in [0.4, 0.5) is 10.6 Å². The lowest BCUT2D eigenvalue weighted by atomic mass is 10.1. The van der Waals surface area contributed by atoms with Crippen molar-refractivity contribution in [3.05, 3.63) is 48.0 Å². The summed E-state index contributed by atoms with van der Waals surface area (Å²) in [5.41, 5.74) is 0.931. The quantitative estimate of drug-likeness (QED) is 0.722. The average Bonchev–Trinajstić information content (AvgIpc) is 3.07. The summed E-state index contributed by atoms with van der Waals surface area (Å²) in [5.74, 6) is 1.31. The topological polar surface area (TPSA) is 90.6 Å². The van der Waals surface area contributed by atoms with E-state index in [2.05, 4.69) is 15.6 Å². The molecule has 0 aliphatic heterocycles. The number of amides is 2. The first-order valence-corrected chi connectivity index (χ1v) is 7.84. The highest BCUT2D eigenvalue weighted by Crippen LogP contribution is 2.18. The van der Waals surface area contributed by atoms with Crippen LogP contribution >= 0.6 is 0 Å². The normalized spacial score (nSPS) is 13.2. The standard InChI is InChI=1S/C17H24N4O3/c1-12(10-14(22)15-7-5-9-24-15)20-17(23)19-11-13-6-4-8-18-16(13)21(2)3/h4-9,12,14,22H,10-11H2,1-3H3,(H2,19,20,23). The maximum atomic E-state index is 12.0. The largest absolute Gasteiger partial charge is 0.467 e. The number of hydrogen-bond donors (Lipinski definition) is 3. The maximum Gasteiger partial charge on any atom is 0.315 e. The van der Waals surface area contributed by atoms with Gasteiger partial charge in [-0.2, -0.15) is 0 Å². The van der Waals surface area contributed by atoms with Crippen molar-refractivity contribution in [2.24, 2.45) is 0 Å². The van der Waals surface area contributed by atoms with Crippen molar-refractivity contribution in [1.82, 2.24) is 15.6 Å². The van der Waals surface area contributed by atoms with Gasteiger partial charge < -0.3 is 25.1 Å². The van der Waals surface area contributed by atoms with E-state index in [1.165, 1.54) is 6.26 Å². The number of anilines is 1. The van der Waals surface area contributed by atoms with Crippen LogP contribution in [0.1, 0.15) is 30.8 Å². The number of aliphatic hydroxyl groups excluding tert-OH is 1. The van der Waals surface area contributed by atoms with Crippen LogP contribution in [0.3, 0.4) is 0 Å².